The number of hydrogen-bond donors (Lipinski definition) is 2. The molecule has 0 aromatic heterocycles. The highest BCUT2D eigenvalue weighted by atomic mass is 32.2. The van der Waals surface area contributed by atoms with Crippen LogP contribution in [0, 0.1) is 11.6 Å². The van der Waals surface area contributed by atoms with Crippen molar-refractivity contribution in [1.29, 1.82) is 0 Å². The Kier molecular flexibility index (Phi) is 7.61. The molecule has 0 heterocycles. The lowest BCUT2D eigenvalue weighted by atomic mass is 10.0. The summed E-state index contributed by atoms with van der Waals surface area (Å²) in [6.45, 7) is -0.112. The van der Waals surface area contributed by atoms with Crippen molar-refractivity contribution in [3.8, 4) is 0 Å². The van der Waals surface area contributed by atoms with Crippen LogP contribution in [0.4, 0.5) is 8.78 Å². The number of nitrogens with zero attached hydrogens (tertiary/aromatic N) is 1. The Bertz CT molecular complexity index is 886. The average molecular weight is 411 g/mol. The number of rotatable bonds is 9. The van der Waals surface area contributed by atoms with Gasteiger partial charge in [-0.05, 0) is 38.4 Å². The molecule has 9 heteroatoms. The number of halogens is 2. The lowest BCUT2D eigenvalue weighted by Gasteiger charge is -2.25. The smallest absolute Gasteiger partial charge is 0.240 e. The zero-order valence-electron chi connectivity index (χ0n) is 15.7. The lowest BCUT2D eigenvalue weighted by molar-refractivity contribution is -0.121. The molecule has 2 rings (SSSR count). The number of hydrogen-bond acceptors (Lipinski definition) is 4. The third kappa shape index (κ3) is 5.82. The maximum Gasteiger partial charge on any atom is 0.240 e. The first-order valence-electron chi connectivity index (χ1n) is 8.64. The van der Waals surface area contributed by atoms with E-state index in [-0.39, 0.29) is 30.0 Å². The monoisotopic (exact) mass is 411 g/mol. The van der Waals surface area contributed by atoms with Crippen molar-refractivity contribution in [2.45, 2.75) is 17.4 Å². The van der Waals surface area contributed by atoms with Gasteiger partial charge in [0.05, 0.1) is 10.9 Å². The summed E-state index contributed by atoms with van der Waals surface area (Å²) in [7, 11) is -0.393. The van der Waals surface area contributed by atoms with Gasteiger partial charge in [0.25, 0.3) is 0 Å². The molecule has 0 saturated heterocycles. The van der Waals surface area contributed by atoms with Crippen LogP contribution in [-0.2, 0) is 14.8 Å². The van der Waals surface area contributed by atoms with Gasteiger partial charge in [-0.1, -0.05) is 24.3 Å². The minimum atomic E-state index is -3.69. The molecule has 0 spiro atoms. The summed E-state index contributed by atoms with van der Waals surface area (Å²) >= 11 is 0. The molecular weight excluding hydrogens is 388 g/mol. The third-order valence-electron chi connectivity index (χ3n) is 4.15. The Balaban J connectivity index is 1.90. The molecule has 0 fully saturated rings. The van der Waals surface area contributed by atoms with E-state index in [1.165, 1.54) is 18.2 Å². The van der Waals surface area contributed by atoms with Crippen molar-refractivity contribution in [1.82, 2.24) is 14.9 Å². The van der Waals surface area contributed by atoms with Crippen molar-refractivity contribution in [3.05, 3.63) is 65.7 Å². The molecule has 2 aromatic carbocycles. The molecule has 2 aromatic rings. The zero-order chi connectivity index (χ0) is 20.7. The van der Waals surface area contributed by atoms with Gasteiger partial charge < -0.3 is 10.2 Å². The standard InChI is InChI=1S/C19H23F2N3O3S/c1-24(2)17(19-15(20)9-6-10-16(19)21)13-22-18(25)11-12-23-28(26,27)14-7-4-3-5-8-14/h3-10,17,23H,11-13H2,1-2H3,(H,22,25). The second-order valence-electron chi connectivity index (χ2n) is 6.38. The van der Waals surface area contributed by atoms with Crippen LogP contribution in [0.5, 0.6) is 0 Å². The first-order valence-corrected chi connectivity index (χ1v) is 10.1. The van der Waals surface area contributed by atoms with Gasteiger partial charge in [0, 0.05) is 25.1 Å². The maximum atomic E-state index is 14.0. The van der Waals surface area contributed by atoms with Gasteiger partial charge in [-0.3, -0.25) is 4.79 Å². The molecule has 2 N–H and O–H groups in total. The van der Waals surface area contributed by atoms with Crippen molar-refractivity contribution >= 4 is 15.9 Å². The molecular formula is C19H23F2N3O3S. The van der Waals surface area contributed by atoms with Crippen LogP contribution in [0.3, 0.4) is 0 Å². The van der Waals surface area contributed by atoms with Crippen molar-refractivity contribution in [3.63, 3.8) is 0 Å². The fourth-order valence-electron chi connectivity index (χ4n) is 2.65. The minimum absolute atomic E-state index is 0.0187. The highest BCUT2D eigenvalue weighted by Crippen LogP contribution is 2.23. The van der Waals surface area contributed by atoms with E-state index < -0.39 is 33.6 Å². The molecule has 0 aliphatic carbocycles. The molecule has 0 bridgehead atoms. The summed E-state index contributed by atoms with van der Waals surface area (Å²) in [4.78, 5) is 13.7. The second kappa shape index (κ2) is 9.72. The van der Waals surface area contributed by atoms with E-state index in [2.05, 4.69) is 10.0 Å². The zero-order valence-corrected chi connectivity index (χ0v) is 16.5. The Labute approximate surface area is 163 Å². The lowest BCUT2D eigenvalue weighted by Crippen LogP contribution is -2.37. The van der Waals surface area contributed by atoms with Crippen molar-refractivity contribution in [2.75, 3.05) is 27.2 Å². The molecule has 28 heavy (non-hydrogen) atoms. The van der Waals surface area contributed by atoms with Crippen molar-refractivity contribution < 1.29 is 22.0 Å². The number of sulfonamides is 1. The Hall–Kier alpha value is -2.36. The number of amides is 1. The second-order valence-corrected chi connectivity index (χ2v) is 8.15. The van der Waals surface area contributed by atoms with Crippen LogP contribution in [0.2, 0.25) is 0 Å². The van der Waals surface area contributed by atoms with E-state index in [4.69, 9.17) is 0 Å². The summed E-state index contributed by atoms with van der Waals surface area (Å²) in [6, 6.07) is 10.7. The van der Waals surface area contributed by atoms with E-state index in [9.17, 15) is 22.0 Å². The minimum Gasteiger partial charge on any atom is -0.354 e. The molecule has 0 aliphatic heterocycles. The third-order valence-corrected chi connectivity index (χ3v) is 5.62. The normalized spacial score (nSPS) is 12.8. The summed E-state index contributed by atoms with van der Waals surface area (Å²) in [5.74, 6) is -1.81. The SMILES string of the molecule is CN(C)C(CNC(=O)CCNS(=O)(=O)c1ccccc1)c1c(F)cccc1F. The molecule has 1 amide bonds. The molecule has 152 valence electrons. The van der Waals surface area contributed by atoms with Crippen LogP contribution in [0.15, 0.2) is 53.4 Å². The predicted molar refractivity (Wildman–Crippen MR) is 102 cm³/mol. The molecule has 1 atom stereocenters. The first kappa shape index (κ1) is 21.9. The highest BCUT2D eigenvalue weighted by Gasteiger charge is 2.22. The van der Waals surface area contributed by atoms with Gasteiger partial charge in [-0.15, -0.1) is 0 Å². The highest BCUT2D eigenvalue weighted by molar-refractivity contribution is 7.89. The summed E-state index contributed by atoms with van der Waals surface area (Å²) in [6.07, 6.45) is -0.105. The quantitative estimate of drug-likeness (QED) is 0.662. The molecule has 0 aliphatic rings. The number of nitrogens with one attached hydrogen (secondary N) is 2. The average Bonchev–Trinajstić information content (AvgIpc) is 2.64. The topological polar surface area (TPSA) is 78.5 Å². The van der Waals surface area contributed by atoms with Gasteiger partial charge in [0.1, 0.15) is 11.6 Å². The molecule has 6 nitrogen and oxygen atoms in total. The molecule has 0 radical (unpaired) electrons. The van der Waals surface area contributed by atoms with Crippen LogP contribution in [0.1, 0.15) is 18.0 Å². The summed E-state index contributed by atoms with van der Waals surface area (Å²) < 4.78 is 54.6. The van der Waals surface area contributed by atoms with Gasteiger partial charge >= 0.3 is 0 Å². The maximum absolute atomic E-state index is 14.0. The fraction of sp³-hybridized carbons (Fsp3) is 0.316. The van der Waals surface area contributed by atoms with Crippen LogP contribution in [0.25, 0.3) is 0 Å². The summed E-state index contributed by atoms with van der Waals surface area (Å²) in [5.41, 5.74) is -0.127. The number of benzene rings is 2. The van der Waals surface area contributed by atoms with E-state index >= 15 is 0 Å². The molecule has 0 saturated carbocycles. The van der Waals surface area contributed by atoms with Crippen LogP contribution >= 0.6 is 0 Å². The van der Waals surface area contributed by atoms with E-state index in [0.29, 0.717) is 0 Å². The predicted octanol–water partition coefficient (Wildman–Crippen LogP) is 2.05. The van der Waals surface area contributed by atoms with Crippen LogP contribution < -0.4 is 10.0 Å². The largest absolute Gasteiger partial charge is 0.354 e. The van der Waals surface area contributed by atoms with Gasteiger partial charge in [-0.2, -0.15) is 0 Å². The summed E-state index contributed by atoms with van der Waals surface area (Å²) in [5, 5.41) is 2.59. The first-order chi connectivity index (χ1) is 13.2. The van der Waals surface area contributed by atoms with E-state index in [1.54, 1.807) is 37.2 Å². The Morgan fingerprint density at radius 1 is 1.04 bits per heavy atom. The van der Waals surface area contributed by atoms with Crippen molar-refractivity contribution in [2.24, 2.45) is 0 Å². The number of carbonyl (C=O) groups excluding carboxylic acids is 1. The van der Waals surface area contributed by atoms with E-state index in [0.717, 1.165) is 12.1 Å². The van der Waals surface area contributed by atoms with Crippen LogP contribution in [-0.4, -0.2) is 46.4 Å². The number of carbonyl (C=O) groups is 1. The number of likely N-dealkylation sites (N-methyl/N-ethyl adjacent to an activating group) is 1. The molecule has 1 unspecified atom stereocenters. The van der Waals surface area contributed by atoms with Gasteiger partial charge in [0.15, 0.2) is 0 Å². The van der Waals surface area contributed by atoms with Gasteiger partial charge in [0.2, 0.25) is 15.9 Å². The van der Waals surface area contributed by atoms with E-state index in [1.807, 2.05) is 0 Å². The van der Waals surface area contributed by atoms with Gasteiger partial charge in [-0.25, -0.2) is 21.9 Å². The fourth-order valence-corrected chi connectivity index (χ4v) is 3.71. The Morgan fingerprint density at radius 2 is 1.64 bits per heavy atom. The Morgan fingerprint density at radius 3 is 2.21 bits per heavy atom.